The zero-order valence-corrected chi connectivity index (χ0v) is 18.2. The average Bonchev–Trinajstić information content (AvgIpc) is 3.63. The van der Waals surface area contributed by atoms with Crippen LogP contribution in [0, 0.1) is 0 Å². The van der Waals surface area contributed by atoms with Crippen LogP contribution >= 0.6 is 0 Å². The standard InChI is InChI=1S/C25H27N3O4/c1-32-20-12-8-17(9-13-20)15-27(19-10-11-19)22(29)16-28-23(30)25(26-24(28)31)14-4-6-18-5-2-3-7-21(18)25/h2-3,5,7-9,12-13,19H,4,6,10-11,14-16H2,1H3,(H,26,31). The number of hydrogen-bond donors (Lipinski definition) is 1. The number of nitrogens with zero attached hydrogens (tertiary/aromatic N) is 2. The van der Waals surface area contributed by atoms with Crippen molar-refractivity contribution >= 4 is 17.8 Å². The summed E-state index contributed by atoms with van der Waals surface area (Å²) >= 11 is 0. The van der Waals surface area contributed by atoms with Crippen LogP contribution in [0.3, 0.4) is 0 Å². The fourth-order valence-electron chi connectivity index (χ4n) is 4.92. The van der Waals surface area contributed by atoms with Crippen LogP contribution in [0.25, 0.3) is 0 Å². The van der Waals surface area contributed by atoms with E-state index in [1.807, 2.05) is 48.5 Å². The van der Waals surface area contributed by atoms with Gasteiger partial charge in [0.2, 0.25) is 5.91 Å². The number of urea groups is 1. The van der Waals surface area contributed by atoms with Crippen molar-refractivity contribution in [2.24, 2.45) is 0 Å². The summed E-state index contributed by atoms with van der Waals surface area (Å²) in [6.45, 7) is 0.215. The second kappa shape index (κ2) is 7.97. The summed E-state index contributed by atoms with van der Waals surface area (Å²) in [5.74, 6) is 0.242. The minimum Gasteiger partial charge on any atom is -0.497 e. The first kappa shape index (κ1) is 20.5. The molecule has 2 aromatic carbocycles. The molecule has 2 aromatic rings. The van der Waals surface area contributed by atoms with Crippen LogP contribution in [0.4, 0.5) is 4.79 Å². The summed E-state index contributed by atoms with van der Waals surface area (Å²) in [6.07, 6.45) is 4.14. The number of benzene rings is 2. The maximum Gasteiger partial charge on any atom is 0.325 e. The van der Waals surface area contributed by atoms with E-state index in [-0.39, 0.29) is 24.4 Å². The number of ether oxygens (including phenoxy) is 1. The van der Waals surface area contributed by atoms with Gasteiger partial charge in [-0.15, -0.1) is 0 Å². The second-order valence-corrected chi connectivity index (χ2v) is 8.84. The average molecular weight is 434 g/mol. The molecule has 1 N–H and O–H groups in total. The number of aryl methyl sites for hydroxylation is 1. The van der Waals surface area contributed by atoms with Gasteiger partial charge >= 0.3 is 6.03 Å². The molecule has 0 bridgehead atoms. The van der Waals surface area contributed by atoms with E-state index in [1.54, 1.807) is 12.0 Å². The van der Waals surface area contributed by atoms with Gasteiger partial charge in [0.15, 0.2) is 0 Å². The molecule has 5 rings (SSSR count). The summed E-state index contributed by atoms with van der Waals surface area (Å²) < 4.78 is 5.20. The maximum absolute atomic E-state index is 13.5. The van der Waals surface area contributed by atoms with Gasteiger partial charge in [-0.3, -0.25) is 14.5 Å². The zero-order valence-electron chi connectivity index (χ0n) is 18.2. The van der Waals surface area contributed by atoms with Gasteiger partial charge in [0.05, 0.1) is 7.11 Å². The number of rotatable bonds is 6. The first-order chi connectivity index (χ1) is 15.5. The predicted molar refractivity (Wildman–Crippen MR) is 118 cm³/mol. The molecule has 0 radical (unpaired) electrons. The first-order valence-electron chi connectivity index (χ1n) is 11.2. The van der Waals surface area contributed by atoms with E-state index in [0.717, 1.165) is 53.0 Å². The lowest BCUT2D eigenvalue weighted by Crippen LogP contribution is -2.47. The van der Waals surface area contributed by atoms with Crippen molar-refractivity contribution in [2.75, 3.05) is 13.7 Å². The Morgan fingerprint density at radius 3 is 2.62 bits per heavy atom. The van der Waals surface area contributed by atoms with Gasteiger partial charge in [-0.25, -0.2) is 4.79 Å². The molecular weight excluding hydrogens is 406 g/mol. The Balaban J connectivity index is 1.34. The number of amides is 4. The van der Waals surface area contributed by atoms with Crippen LogP contribution in [0.1, 0.15) is 42.4 Å². The molecule has 166 valence electrons. The molecule has 2 aliphatic carbocycles. The number of carbonyl (C=O) groups is 3. The fourth-order valence-corrected chi connectivity index (χ4v) is 4.92. The number of hydrogen-bond acceptors (Lipinski definition) is 4. The topological polar surface area (TPSA) is 79.0 Å². The van der Waals surface area contributed by atoms with Crippen LogP contribution in [-0.4, -0.2) is 47.3 Å². The third kappa shape index (κ3) is 3.51. The quantitative estimate of drug-likeness (QED) is 0.711. The van der Waals surface area contributed by atoms with Gasteiger partial charge in [0, 0.05) is 12.6 Å². The monoisotopic (exact) mass is 433 g/mol. The third-order valence-electron chi connectivity index (χ3n) is 6.76. The third-order valence-corrected chi connectivity index (χ3v) is 6.76. The van der Waals surface area contributed by atoms with Crippen molar-refractivity contribution in [3.63, 3.8) is 0 Å². The van der Waals surface area contributed by atoms with Crippen LogP contribution in [-0.2, 0) is 28.1 Å². The van der Waals surface area contributed by atoms with Crippen molar-refractivity contribution in [1.82, 2.24) is 15.1 Å². The van der Waals surface area contributed by atoms with E-state index in [9.17, 15) is 14.4 Å². The Bertz CT molecular complexity index is 1060. The Kier molecular flexibility index (Phi) is 5.12. The molecule has 1 saturated heterocycles. The number of imide groups is 1. The Hall–Kier alpha value is -3.35. The molecule has 1 unspecified atom stereocenters. The molecular formula is C25H27N3O4. The highest BCUT2D eigenvalue weighted by Crippen LogP contribution is 2.40. The van der Waals surface area contributed by atoms with E-state index in [4.69, 9.17) is 4.74 Å². The first-order valence-corrected chi connectivity index (χ1v) is 11.2. The largest absolute Gasteiger partial charge is 0.497 e. The van der Waals surface area contributed by atoms with Crippen LogP contribution in [0.15, 0.2) is 48.5 Å². The molecule has 7 nitrogen and oxygen atoms in total. The Morgan fingerprint density at radius 1 is 1.16 bits per heavy atom. The van der Waals surface area contributed by atoms with E-state index in [0.29, 0.717) is 13.0 Å². The van der Waals surface area contributed by atoms with E-state index >= 15 is 0 Å². The van der Waals surface area contributed by atoms with Crippen molar-refractivity contribution in [1.29, 1.82) is 0 Å². The molecule has 1 heterocycles. The lowest BCUT2D eigenvalue weighted by atomic mass is 9.76. The fraction of sp³-hybridized carbons (Fsp3) is 0.400. The van der Waals surface area contributed by atoms with Crippen LogP contribution in [0.2, 0.25) is 0 Å². The highest BCUT2D eigenvalue weighted by molar-refractivity contribution is 6.09. The highest BCUT2D eigenvalue weighted by Gasteiger charge is 2.54. The van der Waals surface area contributed by atoms with Crippen molar-refractivity contribution in [2.45, 2.75) is 50.2 Å². The Morgan fingerprint density at radius 2 is 1.91 bits per heavy atom. The summed E-state index contributed by atoms with van der Waals surface area (Å²) in [6, 6.07) is 15.0. The minimum absolute atomic E-state index is 0.162. The SMILES string of the molecule is COc1ccc(CN(C(=O)CN2C(=O)NC3(CCCc4ccccc43)C2=O)C2CC2)cc1. The highest BCUT2D eigenvalue weighted by atomic mass is 16.5. The number of methoxy groups -OCH3 is 1. The van der Waals surface area contributed by atoms with Gasteiger partial charge in [0.1, 0.15) is 17.8 Å². The maximum atomic E-state index is 13.5. The number of fused-ring (bicyclic) bond motifs is 2. The lowest BCUT2D eigenvalue weighted by Gasteiger charge is -2.33. The number of carbonyl (C=O) groups excluding carboxylic acids is 3. The smallest absolute Gasteiger partial charge is 0.325 e. The van der Waals surface area contributed by atoms with Gasteiger partial charge in [-0.2, -0.15) is 0 Å². The molecule has 7 heteroatoms. The summed E-state index contributed by atoms with van der Waals surface area (Å²) in [4.78, 5) is 42.5. The molecule has 3 aliphatic rings. The van der Waals surface area contributed by atoms with Gasteiger partial charge in [-0.1, -0.05) is 36.4 Å². The Labute approximate surface area is 187 Å². The summed E-state index contributed by atoms with van der Waals surface area (Å²) in [5, 5.41) is 2.93. The van der Waals surface area contributed by atoms with Crippen molar-refractivity contribution < 1.29 is 19.1 Å². The molecule has 2 fully saturated rings. The summed E-state index contributed by atoms with van der Waals surface area (Å²) in [7, 11) is 1.62. The minimum atomic E-state index is -1.05. The molecule has 32 heavy (non-hydrogen) atoms. The lowest BCUT2D eigenvalue weighted by molar-refractivity contribution is -0.140. The van der Waals surface area contributed by atoms with E-state index < -0.39 is 11.6 Å². The molecule has 1 spiro atoms. The van der Waals surface area contributed by atoms with Crippen molar-refractivity contribution in [3.05, 3.63) is 65.2 Å². The van der Waals surface area contributed by atoms with Gasteiger partial charge in [0.25, 0.3) is 5.91 Å². The summed E-state index contributed by atoms with van der Waals surface area (Å²) in [5.41, 5.74) is 1.88. The normalized spacial score (nSPS) is 22.0. The van der Waals surface area contributed by atoms with Crippen LogP contribution < -0.4 is 10.1 Å². The molecule has 0 aromatic heterocycles. The number of nitrogens with one attached hydrogen (secondary N) is 1. The van der Waals surface area contributed by atoms with E-state index in [2.05, 4.69) is 5.32 Å². The van der Waals surface area contributed by atoms with Crippen molar-refractivity contribution in [3.8, 4) is 5.75 Å². The van der Waals surface area contributed by atoms with Gasteiger partial charge < -0.3 is 15.0 Å². The van der Waals surface area contributed by atoms with Gasteiger partial charge in [-0.05, 0) is 60.9 Å². The zero-order chi connectivity index (χ0) is 22.3. The second-order valence-electron chi connectivity index (χ2n) is 8.84. The molecule has 1 saturated carbocycles. The predicted octanol–water partition coefficient (Wildman–Crippen LogP) is 2.97. The molecule has 1 atom stereocenters. The van der Waals surface area contributed by atoms with E-state index in [1.165, 1.54) is 0 Å². The molecule has 4 amide bonds. The van der Waals surface area contributed by atoms with Crippen LogP contribution in [0.5, 0.6) is 5.75 Å². The molecule has 1 aliphatic heterocycles.